The molecule has 0 aromatic rings. The van der Waals surface area contributed by atoms with Gasteiger partial charge in [0.15, 0.2) is 0 Å². The summed E-state index contributed by atoms with van der Waals surface area (Å²) in [6, 6.07) is 0.553. The minimum atomic E-state index is 0.553. The maximum Gasteiger partial charge on any atom is 0.0190 e. The largest absolute Gasteiger partial charge is 0.329 e. The van der Waals surface area contributed by atoms with Gasteiger partial charge in [0.1, 0.15) is 0 Å². The van der Waals surface area contributed by atoms with Crippen molar-refractivity contribution in [3.63, 3.8) is 0 Å². The molecule has 1 unspecified atom stereocenters. The van der Waals surface area contributed by atoms with Crippen molar-refractivity contribution in [1.29, 1.82) is 0 Å². The smallest absolute Gasteiger partial charge is 0.0190 e. The van der Waals surface area contributed by atoms with Crippen LogP contribution in [0.4, 0.5) is 0 Å². The molecule has 0 radical (unpaired) electrons. The Morgan fingerprint density at radius 2 is 1.26 bits per heavy atom. The number of unbranched alkanes of at least 4 members (excludes halogenated alkanes) is 9. The van der Waals surface area contributed by atoms with E-state index in [1.165, 1.54) is 77.0 Å². The van der Waals surface area contributed by atoms with Crippen molar-refractivity contribution in [2.75, 3.05) is 13.1 Å². The molecule has 0 bridgehead atoms. The molecule has 0 rings (SSSR count). The van der Waals surface area contributed by atoms with Gasteiger partial charge < -0.3 is 11.1 Å². The van der Waals surface area contributed by atoms with Crippen molar-refractivity contribution in [1.82, 2.24) is 5.32 Å². The van der Waals surface area contributed by atoms with Crippen LogP contribution in [-0.4, -0.2) is 19.1 Å². The predicted molar refractivity (Wildman–Crippen MR) is 87.6 cm³/mol. The molecule has 116 valence electrons. The monoisotopic (exact) mass is 270 g/mol. The third-order valence-electron chi connectivity index (χ3n) is 3.90. The Balaban J connectivity index is 3.29. The van der Waals surface area contributed by atoms with Gasteiger partial charge in [0.25, 0.3) is 0 Å². The second kappa shape index (κ2) is 16.0. The highest BCUT2D eigenvalue weighted by atomic mass is 14.9. The second-order valence-corrected chi connectivity index (χ2v) is 5.86. The van der Waals surface area contributed by atoms with Gasteiger partial charge in [-0.05, 0) is 19.4 Å². The van der Waals surface area contributed by atoms with Crippen LogP contribution in [0, 0.1) is 0 Å². The molecule has 0 aliphatic rings. The van der Waals surface area contributed by atoms with Crippen LogP contribution in [0.1, 0.15) is 90.9 Å². The van der Waals surface area contributed by atoms with Gasteiger partial charge in [-0.3, -0.25) is 0 Å². The summed E-state index contributed by atoms with van der Waals surface area (Å²) in [6.45, 7) is 6.49. The summed E-state index contributed by atoms with van der Waals surface area (Å²) >= 11 is 0. The lowest BCUT2D eigenvalue weighted by atomic mass is 10.1. The van der Waals surface area contributed by atoms with E-state index in [1.54, 1.807) is 0 Å². The van der Waals surface area contributed by atoms with Crippen LogP contribution >= 0.6 is 0 Å². The molecule has 0 saturated heterocycles. The highest BCUT2D eigenvalue weighted by Crippen LogP contribution is 2.08. The lowest BCUT2D eigenvalue weighted by Crippen LogP contribution is -2.36. The first-order valence-electron chi connectivity index (χ1n) is 8.78. The SMILES string of the molecule is CCCCCCCCNC(CN)CCCCCCC. The van der Waals surface area contributed by atoms with Gasteiger partial charge in [-0.15, -0.1) is 0 Å². The minimum Gasteiger partial charge on any atom is -0.329 e. The first-order valence-corrected chi connectivity index (χ1v) is 8.78. The van der Waals surface area contributed by atoms with Crippen LogP contribution in [0.3, 0.4) is 0 Å². The van der Waals surface area contributed by atoms with E-state index in [0.29, 0.717) is 6.04 Å². The van der Waals surface area contributed by atoms with E-state index < -0.39 is 0 Å². The Bertz CT molecular complexity index is 159. The van der Waals surface area contributed by atoms with Crippen molar-refractivity contribution >= 4 is 0 Å². The first-order chi connectivity index (χ1) is 9.35. The summed E-state index contributed by atoms with van der Waals surface area (Å²) in [4.78, 5) is 0. The van der Waals surface area contributed by atoms with Crippen LogP contribution in [0.25, 0.3) is 0 Å². The van der Waals surface area contributed by atoms with E-state index in [-0.39, 0.29) is 0 Å². The number of rotatable bonds is 15. The van der Waals surface area contributed by atoms with E-state index in [2.05, 4.69) is 19.2 Å². The summed E-state index contributed by atoms with van der Waals surface area (Å²) in [7, 11) is 0. The zero-order valence-corrected chi connectivity index (χ0v) is 13.6. The molecule has 0 amide bonds. The van der Waals surface area contributed by atoms with Gasteiger partial charge in [-0.1, -0.05) is 78.1 Å². The Morgan fingerprint density at radius 1 is 0.737 bits per heavy atom. The normalized spacial score (nSPS) is 12.8. The lowest BCUT2D eigenvalue weighted by molar-refractivity contribution is 0.449. The minimum absolute atomic E-state index is 0.553. The third kappa shape index (κ3) is 14.1. The van der Waals surface area contributed by atoms with Crippen molar-refractivity contribution in [3.05, 3.63) is 0 Å². The van der Waals surface area contributed by atoms with Gasteiger partial charge >= 0.3 is 0 Å². The molecule has 0 fully saturated rings. The molecule has 3 N–H and O–H groups in total. The van der Waals surface area contributed by atoms with Crippen LogP contribution in [0.5, 0.6) is 0 Å². The van der Waals surface area contributed by atoms with Crippen molar-refractivity contribution < 1.29 is 0 Å². The predicted octanol–water partition coefficient (Wildman–Crippen LogP) is 4.62. The first kappa shape index (κ1) is 18.9. The number of nitrogens with two attached hydrogens (primary N) is 1. The molecule has 19 heavy (non-hydrogen) atoms. The molecule has 2 nitrogen and oxygen atoms in total. The Kier molecular flexibility index (Phi) is 15.9. The molecule has 0 heterocycles. The van der Waals surface area contributed by atoms with Gasteiger partial charge in [0.05, 0.1) is 0 Å². The van der Waals surface area contributed by atoms with Crippen molar-refractivity contribution in [2.24, 2.45) is 5.73 Å². The average Bonchev–Trinajstić information content (AvgIpc) is 2.44. The highest BCUT2D eigenvalue weighted by Gasteiger charge is 2.04. The van der Waals surface area contributed by atoms with E-state index >= 15 is 0 Å². The van der Waals surface area contributed by atoms with Gasteiger partial charge in [0.2, 0.25) is 0 Å². The number of hydrogen-bond acceptors (Lipinski definition) is 2. The fraction of sp³-hybridized carbons (Fsp3) is 1.00. The number of nitrogens with one attached hydrogen (secondary N) is 1. The fourth-order valence-corrected chi connectivity index (χ4v) is 2.51. The molecule has 0 aromatic heterocycles. The summed E-state index contributed by atoms with van der Waals surface area (Å²) in [5, 5.41) is 3.63. The maximum atomic E-state index is 5.83. The molecule has 0 spiro atoms. The van der Waals surface area contributed by atoms with E-state index in [9.17, 15) is 0 Å². The Labute approximate surface area is 121 Å². The molecule has 0 saturated carbocycles. The molecule has 0 aromatic carbocycles. The van der Waals surface area contributed by atoms with Crippen LogP contribution < -0.4 is 11.1 Å². The van der Waals surface area contributed by atoms with E-state index in [1.807, 2.05) is 0 Å². The molecule has 1 atom stereocenters. The topological polar surface area (TPSA) is 38.0 Å². The van der Waals surface area contributed by atoms with Crippen LogP contribution in [0.2, 0.25) is 0 Å². The summed E-state index contributed by atoms with van der Waals surface area (Å²) < 4.78 is 0. The van der Waals surface area contributed by atoms with Crippen LogP contribution in [0.15, 0.2) is 0 Å². The van der Waals surface area contributed by atoms with Gasteiger partial charge in [0, 0.05) is 12.6 Å². The lowest BCUT2D eigenvalue weighted by Gasteiger charge is -2.16. The molecule has 0 aliphatic heterocycles. The molecular weight excluding hydrogens is 232 g/mol. The standard InChI is InChI=1S/C17H38N2/c1-3-5-7-9-11-13-15-19-17(16-18)14-12-10-8-6-4-2/h17,19H,3-16,18H2,1-2H3. The summed E-state index contributed by atoms with van der Waals surface area (Å²) in [5.41, 5.74) is 5.83. The quantitative estimate of drug-likeness (QED) is 0.426. The van der Waals surface area contributed by atoms with Crippen LogP contribution in [-0.2, 0) is 0 Å². The zero-order chi connectivity index (χ0) is 14.2. The second-order valence-electron chi connectivity index (χ2n) is 5.86. The molecule has 2 heteroatoms. The summed E-state index contributed by atoms with van der Waals surface area (Å²) in [5.74, 6) is 0. The Hall–Kier alpha value is -0.0800. The van der Waals surface area contributed by atoms with Crippen molar-refractivity contribution in [2.45, 2.75) is 96.9 Å². The number of hydrogen-bond donors (Lipinski definition) is 2. The third-order valence-corrected chi connectivity index (χ3v) is 3.90. The molecular formula is C17H38N2. The zero-order valence-electron chi connectivity index (χ0n) is 13.6. The fourth-order valence-electron chi connectivity index (χ4n) is 2.51. The molecule has 0 aliphatic carbocycles. The average molecular weight is 271 g/mol. The van der Waals surface area contributed by atoms with E-state index in [0.717, 1.165) is 13.1 Å². The van der Waals surface area contributed by atoms with Gasteiger partial charge in [-0.25, -0.2) is 0 Å². The highest BCUT2D eigenvalue weighted by molar-refractivity contribution is 4.67. The summed E-state index contributed by atoms with van der Waals surface area (Å²) in [6.07, 6.45) is 16.3. The maximum absolute atomic E-state index is 5.83. The van der Waals surface area contributed by atoms with E-state index in [4.69, 9.17) is 5.73 Å². The van der Waals surface area contributed by atoms with Gasteiger partial charge in [-0.2, -0.15) is 0 Å². The van der Waals surface area contributed by atoms with Crippen molar-refractivity contribution in [3.8, 4) is 0 Å². The Morgan fingerprint density at radius 3 is 1.84 bits per heavy atom.